The summed E-state index contributed by atoms with van der Waals surface area (Å²) in [5, 5.41) is 2.58. The van der Waals surface area contributed by atoms with E-state index in [1.165, 1.54) is 13.2 Å². The van der Waals surface area contributed by atoms with Crippen molar-refractivity contribution in [3.63, 3.8) is 0 Å². The van der Waals surface area contributed by atoms with E-state index in [0.717, 1.165) is 5.56 Å². The molecule has 2 heterocycles. The number of carbonyl (C=O) groups excluding carboxylic acids is 3. The van der Waals surface area contributed by atoms with Crippen molar-refractivity contribution >= 4 is 23.9 Å². The molecule has 1 fully saturated rings. The highest BCUT2D eigenvalue weighted by molar-refractivity contribution is 5.95. The molecule has 10 nitrogen and oxygen atoms in total. The third kappa shape index (κ3) is 6.68. The van der Waals surface area contributed by atoms with Crippen LogP contribution in [-0.2, 0) is 35.0 Å². The standard InChI is InChI=1S/C27H33N3O7/c1-5-15-35-19(3)22(28-26(33)36-16-6-2)24(31)30-14-10-13-21(30)23-29-27(18-37-23,25(32)34-4)17-20-11-8-7-9-12-20/h1,6-9,11-12,19,21-22H,2,10,13-18H2,3-4H3,(H,28,33)/t19-,21?,22+,27-/m1/s1. The normalized spacial score (nSPS) is 22.1. The molecule has 1 aromatic rings. The van der Waals surface area contributed by atoms with Gasteiger partial charge in [-0.3, -0.25) is 4.79 Å². The Kier molecular flexibility index (Phi) is 9.69. The molecule has 2 amide bonds. The molecule has 0 spiro atoms. The zero-order valence-electron chi connectivity index (χ0n) is 21.2. The van der Waals surface area contributed by atoms with E-state index in [1.54, 1.807) is 11.8 Å². The zero-order chi connectivity index (χ0) is 26.8. The summed E-state index contributed by atoms with van der Waals surface area (Å²) < 4.78 is 21.6. The smallest absolute Gasteiger partial charge is 0.408 e. The molecule has 2 aliphatic rings. The second-order valence-corrected chi connectivity index (χ2v) is 8.84. The molecule has 1 aromatic carbocycles. The average molecular weight is 512 g/mol. The number of nitrogens with one attached hydrogen (secondary N) is 1. The van der Waals surface area contributed by atoms with Gasteiger partial charge in [0.2, 0.25) is 11.8 Å². The summed E-state index contributed by atoms with van der Waals surface area (Å²) in [7, 11) is 1.31. The second-order valence-electron chi connectivity index (χ2n) is 8.84. The van der Waals surface area contributed by atoms with Gasteiger partial charge in [0, 0.05) is 13.0 Å². The Balaban J connectivity index is 1.84. The zero-order valence-corrected chi connectivity index (χ0v) is 21.2. The first-order valence-electron chi connectivity index (χ1n) is 12.1. The molecule has 0 radical (unpaired) electrons. The van der Waals surface area contributed by atoms with Gasteiger partial charge in [0.1, 0.15) is 31.9 Å². The molecule has 0 aromatic heterocycles. The van der Waals surface area contributed by atoms with Gasteiger partial charge in [-0.2, -0.15) is 0 Å². The topological polar surface area (TPSA) is 116 Å². The van der Waals surface area contributed by atoms with Gasteiger partial charge < -0.3 is 29.2 Å². The van der Waals surface area contributed by atoms with Crippen molar-refractivity contribution < 1.29 is 33.3 Å². The summed E-state index contributed by atoms with van der Waals surface area (Å²) in [4.78, 5) is 45.1. The Labute approximate surface area is 217 Å². The van der Waals surface area contributed by atoms with Gasteiger partial charge in [0.15, 0.2) is 5.54 Å². The van der Waals surface area contributed by atoms with Gasteiger partial charge >= 0.3 is 12.1 Å². The lowest BCUT2D eigenvalue weighted by Gasteiger charge is -2.31. The molecule has 198 valence electrons. The highest BCUT2D eigenvalue weighted by atomic mass is 16.6. The van der Waals surface area contributed by atoms with E-state index in [1.807, 2.05) is 30.3 Å². The number of hydrogen-bond acceptors (Lipinski definition) is 8. The first kappa shape index (κ1) is 27.7. The van der Waals surface area contributed by atoms with Crippen LogP contribution >= 0.6 is 0 Å². The van der Waals surface area contributed by atoms with Gasteiger partial charge in [-0.25, -0.2) is 14.6 Å². The molecule has 0 saturated carbocycles. The van der Waals surface area contributed by atoms with Crippen molar-refractivity contribution in [1.82, 2.24) is 10.2 Å². The molecular formula is C27H33N3O7. The fraction of sp³-hybridized carbons (Fsp3) is 0.481. The predicted octanol–water partition coefficient (Wildman–Crippen LogP) is 1.88. The highest BCUT2D eigenvalue weighted by Crippen LogP contribution is 2.31. The molecule has 1 saturated heterocycles. The molecule has 3 rings (SSSR count). The molecule has 10 heteroatoms. The largest absolute Gasteiger partial charge is 0.476 e. The monoisotopic (exact) mass is 511 g/mol. The number of hydrogen-bond donors (Lipinski definition) is 1. The number of carbonyl (C=O) groups is 3. The second kappa shape index (κ2) is 12.9. The van der Waals surface area contributed by atoms with E-state index in [4.69, 9.17) is 30.4 Å². The van der Waals surface area contributed by atoms with Gasteiger partial charge in [-0.1, -0.05) is 48.9 Å². The van der Waals surface area contributed by atoms with Gasteiger partial charge in [-0.15, -0.1) is 6.42 Å². The lowest BCUT2D eigenvalue weighted by Crippen LogP contribution is -2.56. The summed E-state index contributed by atoms with van der Waals surface area (Å²) in [6, 6.07) is 7.89. The van der Waals surface area contributed by atoms with E-state index in [9.17, 15) is 14.4 Å². The van der Waals surface area contributed by atoms with E-state index in [-0.39, 0.29) is 25.7 Å². The van der Waals surface area contributed by atoms with Crippen LogP contribution in [0.1, 0.15) is 25.3 Å². The van der Waals surface area contributed by atoms with E-state index in [2.05, 4.69) is 17.8 Å². The van der Waals surface area contributed by atoms with Gasteiger partial charge in [-0.05, 0) is 25.3 Å². The Morgan fingerprint density at radius 2 is 2.14 bits per heavy atom. The van der Waals surface area contributed by atoms with E-state index >= 15 is 0 Å². The fourth-order valence-electron chi connectivity index (χ4n) is 4.46. The van der Waals surface area contributed by atoms with Crippen molar-refractivity contribution in [2.75, 3.05) is 33.5 Å². The summed E-state index contributed by atoms with van der Waals surface area (Å²) in [6.07, 6.45) is 6.77. The highest BCUT2D eigenvalue weighted by Gasteiger charge is 2.49. The third-order valence-corrected chi connectivity index (χ3v) is 6.28. The minimum atomic E-state index is -1.25. The lowest BCUT2D eigenvalue weighted by molar-refractivity contribution is -0.147. The Morgan fingerprint density at radius 3 is 2.81 bits per heavy atom. The van der Waals surface area contributed by atoms with E-state index < -0.39 is 41.7 Å². The number of ether oxygens (including phenoxy) is 4. The van der Waals surface area contributed by atoms with Crippen LogP contribution in [0, 0.1) is 12.3 Å². The van der Waals surface area contributed by atoms with Crippen LogP contribution in [0.3, 0.4) is 0 Å². The molecule has 4 atom stereocenters. The molecule has 0 bridgehead atoms. The Hall–Kier alpha value is -3.84. The lowest BCUT2D eigenvalue weighted by atomic mass is 9.92. The van der Waals surface area contributed by atoms with Crippen LogP contribution in [0.4, 0.5) is 4.79 Å². The maximum Gasteiger partial charge on any atom is 0.408 e. The molecule has 2 aliphatic heterocycles. The van der Waals surface area contributed by atoms with Crippen molar-refractivity contribution in [2.24, 2.45) is 4.99 Å². The molecular weight excluding hydrogens is 478 g/mol. The number of amides is 2. The molecule has 1 unspecified atom stereocenters. The van der Waals surface area contributed by atoms with Crippen LogP contribution in [0.25, 0.3) is 0 Å². The maximum atomic E-state index is 13.7. The maximum absolute atomic E-state index is 13.7. The number of nitrogens with zero attached hydrogens (tertiary/aromatic N) is 2. The third-order valence-electron chi connectivity index (χ3n) is 6.28. The number of terminal acetylenes is 1. The van der Waals surface area contributed by atoms with Crippen LogP contribution in [0.5, 0.6) is 0 Å². The first-order chi connectivity index (χ1) is 17.8. The van der Waals surface area contributed by atoms with Crippen molar-refractivity contribution in [3.05, 3.63) is 48.6 Å². The Bertz CT molecular complexity index is 1050. The molecule has 0 aliphatic carbocycles. The molecule has 37 heavy (non-hydrogen) atoms. The quantitative estimate of drug-likeness (QED) is 0.274. The number of methoxy groups -OCH3 is 1. The average Bonchev–Trinajstić information content (AvgIpc) is 3.57. The number of esters is 1. The van der Waals surface area contributed by atoms with Crippen LogP contribution in [0.15, 0.2) is 48.0 Å². The molecule has 1 N–H and O–H groups in total. The van der Waals surface area contributed by atoms with Crippen LogP contribution in [-0.4, -0.2) is 86.0 Å². The summed E-state index contributed by atoms with van der Waals surface area (Å²) in [5.41, 5.74) is -0.347. The summed E-state index contributed by atoms with van der Waals surface area (Å²) in [6.45, 7) is 5.52. The van der Waals surface area contributed by atoms with Crippen molar-refractivity contribution in [3.8, 4) is 12.3 Å². The van der Waals surface area contributed by atoms with Gasteiger partial charge in [0.25, 0.3) is 0 Å². The van der Waals surface area contributed by atoms with Crippen LogP contribution in [0.2, 0.25) is 0 Å². The minimum Gasteiger partial charge on any atom is -0.476 e. The Morgan fingerprint density at radius 1 is 1.38 bits per heavy atom. The number of rotatable bonds is 11. The fourth-order valence-corrected chi connectivity index (χ4v) is 4.46. The van der Waals surface area contributed by atoms with Crippen LogP contribution < -0.4 is 5.32 Å². The summed E-state index contributed by atoms with van der Waals surface area (Å²) >= 11 is 0. The number of likely N-dealkylation sites (tertiary alicyclic amines) is 1. The number of alkyl carbamates (subject to hydrolysis) is 1. The minimum absolute atomic E-state index is 0.000325. The first-order valence-corrected chi connectivity index (χ1v) is 12.1. The predicted molar refractivity (Wildman–Crippen MR) is 136 cm³/mol. The SMILES string of the molecule is C#CCO[C@H](C)[C@H](NC(=O)OCC=C)C(=O)N1CCCC1C1=N[C@@](Cc2ccccc2)(C(=O)OC)CO1. The van der Waals surface area contributed by atoms with Crippen molar-refractivity contribution in [1.29, 1.82) is 0 Å². The van der Waals surface area contributed by atoms with Crippen molar-refractivity contribution in [2.45, 2.75) is 49.9 Å². The summed E-state index contributed by atoms with van der Waals surface area (Å²) in [5.74, 6) is 1.74. The number of aliphatic imine (C=N–C) groups is 1. The van der Waals surface area contributed by atoms with E-state index in [0.29, 0.717) is 25.8 Å². The number of benzene rings is 1. The van der Waals surface area contributed by atoms with Gasteiger partial charge in [0.05, 0.1) is 13.2 Å².